The molecule has 0 unspecified atom stereocenters. The maximum Gasteiger partial charge on any atom is 0.326 e. The van der Waals surface area contributed by atoms with Gasteiger partial charge in [0.2, 0.25) is 0 Å². The zero-order valence-corrected chi connectivity index (χ0v) is 22.0. The standard InChI is InChI=1S/C29H25Cl2FN2O4/c1-17-15-21(9-10-24(17)32)28(36)34-13-11-20(12-14-34)19-7-5-18(6-8-19)16-25(29(37)38)33-27(35)26-22(30)3-2-4-23(26)31/h2-11,15,25H,12-14,16H2,1H3,(H,33,35)(H,37,38)/t25-/m0/s1. The van der Waals surface area contributed by atoms with E-state index in [-0.39, 0.29) is 33.8 Å². The van der Waals surface area contributed by atoms with Gasteiger partial charge in [0.1, 0.15) is 11.9 Å². The molecule has 0 bridgehead atoms. The summed E-state index contributed by atoms with van der Waals surface area (Å²) >= 11 is 12.1. The minimum Gasteiger partial charge on any atom is -0.480 e. The molecule has 1 heterocycles. The molecule has 6 nitrogen and oxygen atoms in total. The van der Waals surface area contributed by atoms with Crippen LogP contribution in [0.25, 0.3) is 5.57 Å². The number of carboxylic acid groups (broad SMARTS) is 1. The van der Waals surface area contributed by atoms with Crippen LogP contribution >= 0.6 is 23.2 Å². The molecule has 1 atom stereocenters. The summed E-state index contributed by atoms with van der Waals surface area (Å²) in [5, 5.41) is 12.4. The van der Waals surface area contributed by atoms with E-state index in [2.05, 4.69) is 5.32 Å². The topological polar surface area (TPSA) is 86.7 Å². The van der Waals surface area contributed by atoms with Crippen LogP contribution in [0.4, 0.5) is 4.39 Å². The second-order valence-corrected chi connectivity index (χ2v) is 9.87. The summed E-state index contributed by atoms with van der Waals surface area (Å²) in [6.45, 7) is 2.59. The second-order valence-electron chi connectivity index (χ2n) is 9.06. The largest absolute Gasteiger partial charge is 0.480 e. The van der Waals surface area contributed by atoms with E-state index in [0.29, 0.717) is 30.6 Å². The van der Waals surface area contributed by atoms with E-state index in [1.165, 1.54) is 24.3 Å². The Morgan fingerprint density at radius 1 is 1.05 bits per heavy atom. The molecule has 0 saturated carbocycles. The van der Waals surface area contributed by atoms with Gasteiger partial charge in [-0.25, -0.2) is 9.18 Å². The monoisotopic (exact) mass is 554 g/mol. The molecule has 3 aromatic carbocycles. The van der Waals surface area contributed by atoms with Gasteiger partial charge in [-0.15, -0.1) is 0 Å². The Morgan fingerprint density at radius 3 is 2.32 bits per heavy atom. The van der Waals surface area contributed by atoms with Crippen LogP contribution in [-0.4, -0.2) is 46.9 Å². The second kappa shape index (κ2) is 11.8. The van der Waals surface area contributed by atoms with E-state index >= 15 is 0 Å². The van der Waals surface area contributed by atoms with Gasteiger partial charge < -0.3 is 15.3 Å². The Kier molecular flexibility index (Phi) is 8.49. The summed E-state index contributed by atoms with van der Waals surface area (Å²) in [6, 6.07) is 15.2. The van der Waals surface area contributed by atoms with E-state index in [0.717, 1.165) is 16.7 Å². The predicted molar refractivity (Wildman–Crippen MR) is 145 cm³/mol. The van der Waals surface area contributed by atoms with Crippen LogP contribution in [0.3, 0.4) is 0 Å². The number of carbonyl (C=O) groups is 3. The van der Waals surface area contributed by atoms with Crippen molar-refractivity contribution in [3.8, 4) is 0 Å². The van der Waals surface area contributed by atoms with Crippen molar-refractivity contribution in [1.82, 2.24) is 10.2 Å². The van der Waals surface area contributed by atoms with Gasteiger partial charge in [-0.1, -0.05) is 59.6 Å². The molecule has 0 aromatic heterocycles. The summed E-state index contributed by atoms with van der Waals surface area (Å²) < 4.78 is 13.5. The van der Waals surface area contributed by atoms with Gasteiger partial charge in [0.05, 0.1) is 15.6 Å². The van der Waals surface area contributed by atoms with Gasteiger partial charge in [0.25, 0.3) is 11.8 Å². The third kappa shape index (κ3) is 6.23. The van der Waals surface area contributed by atoms with Crippen molar-refractivity contribution in [1.29, 1.82) is 0 Å². The summed E-state index contributed by atoms with van der Waals surface area (Å²) in [5.41, 5.74) is 3.70. The summed E-state index contributed by atoms with van der Waals surface area (Å²) in [6.07, 6.45) is 2.71. The van der Waals surface area contributed by atoms with Crippen molar-refractivity contribution < 1.29 is 23.9 Å². The zero-order chi connectivity index (χ0) is 27.4. The smallest absolute Gasteiger partial charge is 0.326 e. The summed E-state index contributed by atoms with van der Waals surface area (Å²) in [5.74, 6) is -2.32. The molecule has 2 N–H and O–H groups in total. The van der Waals surface area contributed by atoms with Crippen molar-refractivity contribution in [2.24, 2.45) is 0 Å². The molecular formula is C29H25Cl2FN2O4. The lowest BCUT2D eigenvalue weighted by Gasteiger charge is -2.27. The molecule has 38 heavy (non-hydrogen) atoms. The van der Waals surface area contributed by atoms with Crippen molar-refractivity contribution in [3.05, 3.63) is 110 Å². The molecule has 9 heteroatoms. The lowest BCUT2D eigenvalue weighted by Crippen LogP contribution is -2.42. The number of nitrogens with zero attached hydrogens (tertiary/aromatic N) is 1. The lowest BCUT2D eigenvalue weighted by molar-refractivity contribution is -0.139. The number of rotatable bonds is 7. The van der Waals surface area contributed by atoms with E-state index < -0.39 is 17.9 Å². The van der Waals surface area contributed by atoms with Crippen LogP contribution in [0.5, 0.6) is 0 Å². The van der Waals surface area contributed by atoms with Gasteiger partial charge in [0, 0.05) is 25.1 Å². The van der Waals surface area contributed by atoms with Crippen molar-refractivity contribution in [2.45, 2.75) is 25.8 Å². The van der Waals surface area contributed by atoms with Crippen LogP contribution < -0.4 is 5.32 Å². The van der Waals surface area contributed by atoms with Crippen LogP contribution in [0, 0.1) is 12.7 Å². The number of amides is 2. The maximum absolute atomic E-state index is 13.5. The minimum atomic E-state index is -1.18. The van der Waals surface area contributed by atoms with Crippen molar-refractivity contribution >= 4 is 46.6 Å². The Bertz CT molecular complexity index is 1400. The third-order valence-electron chi connectivity index (χ3n) is 6.46. The zero-order valence-electron chi connectivity index (χ0n) is 20.5. The highest BCUT2D eigenvalue weighted by Crippen LogP contribution is 2.26. The SMILES string of the molecule is Cc1cc(C(=O)N2CC=C(c3ccc(C[C@H](NC(=O)c4c(Cl)cccc4Cl)C(=O)O)cc3)CC2)ccc1F. The number of aliphatic carboxylic acids is 1. The molecule has 0 spiro atoms. The number of hydrogen-bond donors (Lipinski definition) is 2. The number of aryl methyl sites for hydroxylation is 1. The van der Waals surface area contributed by atoms with Crippen molar-refractivity contribution in [3.63, 3.8) is 0 Å². The quantitative estimate of drug-likeness (QED) is 0.386. The molecule has 196 valence electrons. The molecular weight excluding hydrogens is 530 g/mol. The molecule has 0 saturated heterocycles. The fraction of sp³-hybridized carbons (Fsp3) is 0.207. The van der Waals surface area contributed by atoms with E-state index in [1.54, 1.807) is 24.0 Å². The first-order chi connectivity index (χ1) is 18.1. The van der Waals surface area contributed by atoms with Gasteiger partial charge >= 0.3 is 5.97 Å². The molecule has 3 aromatic rings. The van der Waals surface area contributed by atoms with Crippen LogP contribution in [-0.2, 0) is 11.2 Å². The summed E-state index contributed by atoms with van der Waals surface area (Å²) in [7, 11) is 0. The Balaban J connectivity index is 1.40. The fourth-order valence-electron chi connectivity index (χ4n) is 4.31. The van der Waals surface area contributed by atoms with Gasteiger partial charge in [-0.05, 0) is 65.9 Å². The van der Waals surface area contributed by atoms with E-state index in [9.17, 15) is 23.9 Å². The van der Waals surface area contributed by atoms with Crippen LogP contribution in [0.1, 0.15) is 43.8 Å². The average Bonchev–Trinajstić information content (AvgIpc) is 2.90. The van der Waals surface area contributed by atoms with Crippen molar-refractivity contribution in [2.75, 3.05) is 13.1 Å². The van der Waals surface area contributed by atoms with Crippen LogP contribution in [0.15, 0.2) is 66.7 Å². The molecule has 0 radical (unpaired) electrons. The highest BCUT2D eigenvalue weighted by atomic mass is 35.5. The first-order valence-corrected chi connectivity index (χ1v) is 12.7. The Morgan fingerprint density at radius 2 is 1.74 bits per heavy atom. The average molecular weight is 555 g/mol. The van der Waals surface area contributed by atoms with Crippen LogP contribution in [0.2, 0.25) is 10.0 Å². The number of benzene rings is 3. The first-order valence-electron chi connectivity index (χ1n) is 12.0. The lowest BCUT2D eigenvalue weighted by atomic mass is 9.96. The van der Waals surface area contributed by atoms with E-state index in [4.69, 9.17) is 23.2 Å². The molecule has 0 fully saturated rings. The van der Waals surface area contributed by atoms with Gasteiger partial charge in [0.15, 0.2) is 0 Å². The maximum atomic E-state index is 13.5. The van der Waals surface area contributed by atoms with E-state index in [1.807, 2.05) is 30.3 Å². The number of halogens is 3. The number of carbonyl (C=O) groups excluding carboxylic acids is 2. The normalized spacial score (nSPS) is 14.0. The first kappa shape index (κ1) is 27.4. The highest BCUT2D eigenvalue weighted by Gasteiger charge is 2.24. The minimum absolute atomic E-state index is 0.0313. The molecule has 1 aliphatic rings. The summed E-state index contributed by atoms with van der Waals surface area (Å²) in [4.78, 5) is 39.0. The molecule has 2 amide bonds. The fourth-order valence-corrected chi connectivity index (χ4v) is 4.88. The molecule has 1 aliphatic heterocycles. The molecule has 4 rings (SSSR count). The third-order valence-corrected chi connectivity index (χ3v) is 7.09. The van der Waals surface area contributed by atoms with Gasteiger partial charge in [-0.3, -0.25) is 9.59 Å². The Labute approximate surface area is 229 Å². The Hall–Kier alpha value is -3.68. The highest BCUT2D eigenvalue weighted by molar-refractivity contribution is 6.39. The number of nitrogens with one attached hydrogen (secondary N) is 1. The molecule has 0 aliphatic carbocycles. The number of carboxylic acids is 1. The number of hydrogen-bond acceptors (Lipinski definition) is 3. The predicted octanol–water partition coefficient (Wildman–Crippen LogP) is 5.80. The van der Waals surface area contributed by atoms with Gasteiger partial charge in [-0.2, -0.15) is 0 Å².